The molecule has 0 bridgehead atoms. The zero-order valence-electron chi connectivity index (χ0n) is 12.8. The highest BCUT2D eigenvalue weighted by atomic mass is 16.5. The lowest BCUT2D eigenvalue weighted by atomic mass is 9.98. The molecule has 1 aromatic carbocycles. The monoisotopic (exact) mass is 278 g/mol. The fourth-order valence-electron chi connectivity index (χ4n) is 2.80. The van der Waals surface area contributed by atoms with Crippen molar-refractivity contribution in [3.8, 4) is 11.5 Å². The highest BCUT2D eigenvalue weighted by Crippen LogP contribution is 2.39. The van der Waals surface area contributed by atoms with Gasteiger partial charge in [0.2, 0.25) is 0 Å². The maximum absolute atomic E-state index is 5.79. The minimum Gasteiger partial charge on any atom is -0.496 e. The largest absolute Gasteiger partial charge is 0.496 e. The van der Waals surface area contributed by atoms with Crippen LogP contribution >= 0.6 is 0 Å². The fourth-order valence-corrected chi connectivity index (χ4v) is 2.80. The lowest BCUT2D eigenvalue weighted by molar-refractivity contribution is 0.395. The van der Waals surface area contributed by atoms with Gasteiger partial charge in [0.15, 0.2) is 0 Å². The van der Waals surface area contributed by atoms with E-state index in [1.165, 1.54) is 19.3 Å². The summed E-state index contributed by atoms with van der Waals surface area (Å²) in [6.07, 6.45) is 3.80. The molecule has 1 saturated heterocycles. The van der Waals surface area contributed by atoms with Crippen LogP contribution in [0.5, 0.6) is 11.5 Å². The second-order valence-corrected chi connectivity index (χ2v) is 5.45. The fraction of sp³-hybridized carbons (Fsp3) is 0.625. The maximum Gasteiger partial charge on any atom is 0.142 e. The van der Waals surface area contributed by atoms with Gasteiger partial charge < -0.3 is 20.1 Å². The molecule has 0 aromatic heterocycles. The average molecular weight is 278 g/mol. The molecule has 20 heavy (non-hydrogen) atoms. The van der Waals surface area contributed by atoms with Crippen molar-refractivity contribution in [2.45, 2.75) is 32.1 Å². The molecule has 1 heterocycles. The first kappa shape index (κ1) is 15.0. The van der Waals surface area contributed by atoms with Crippen molar-refractivity contribution in [2.75, 3.05) is 38.8 Å². The Labute approximate surface area is 121 Å². The number of nitrogens with zero attached hydrogens (tertiary/aromatic N) is 1. The minimum atomic E-state index is 0.259. The van der Waals surface area contributed by atoms with Crippen LogP contribution in [0.3, 0.4) is 0 Å². The van der Waals surface area contributed by atoms with E-state index in [1.54, 1.807) is 14.2 Å². The zero-order valence-corrected chi connectivity index (χ0v) is 12.8. The van der Waals surface area contributed by atoms with E-state index in [-0.39, 0.29) is 5.92 Å². The van der Waals surface area contributed by atoms with E-state index < -0.39 is 0 Å². The number of methoxy groups -OCH3 is 2. The molecule has 112 valence electrons. The Kier molecular flexibility index (Phi) is 5.12. The van der Waals surface area contributed by atoms with Gasteiger partial charge in [0.25, 0.3) is 0 Å². The topological polar surface area (TPSA) is 47.7 Å². The molecule has 0 saturated carbocycles. The first-order valence-corrected chi connectivity index (χ1v) is 7.42. The van der Waals surface area contributed by atoms with Crippen LogP contribution in [0.25, 0.3) is 0 Å². The van der Waals surface area contributed by atoms with Crippen LogP contribution in [0.1, 0.15) is 37.7 Å². The van der Waals surface area contributed by atoms with Crippen molar-refractivity contribution >= 4 is 5.69 Å². The lowest BCUT2D eigenvalue weighted by Gasteiger charge is -2.31. The van der Waals surface area contributed by atoms with Crippen LogP contribution in [0.2, 0.25) is 0 Å². The Balaban J connectivity index is 2.40. The molecule has 0 aliphatic carbocycles. The molecule has 1 unspecified atom stereocenters. The third-order valence-electron chi connectivity index (χ3n) is 4.11. The molecular formula is C16H26N2O2. The van der Waals surface area contributed by atoms with Crippen molar-refractivity contribution in [1.82, 2.24) is 0 Å². The normalized spacial score (nSPS) is 16.9. The highest BCUT2D eigenvalue weighted by Gasteiger charge is 2.20. The molecule has 1 atom stereocenters. The molecule has 2 rings (SSSR count). The van der Waals surface area contributed by atoms with Crippen molar-refractivity contribution in [3.63, 3.8) is 0 Å². The average Bonchev–Trinajstić information content (AvgIpc) is 2.53. The molecule has 0 radical (unpaired) electrons. The molecule has 1 aromatic rings. The van der Waals surface area contributed by atoms with Crippen LogP contribution in [0.4, 0.5) is 5.69 Å². The third kappa shape index (κ3) is 3.01. The Bertz CT molecular complexity index is 442. The number of ether oxygens (including phenoxy) is 2. The van der Waals surface area contributed by atoms with Gasteiger partial charge in [-0.2, -0.15) is 0 Å². The molecule has 4 heteroatoms. The van der Waals surface area contributed by atoms with Crippen molar-refractivity contribution in [1.29, 1.82) is 0 Å². The third-order valence-corrected chi connectivity index (χ3v) is 4.11. The predicted molar refractivity (Wildman–Crippen MR) is 83.1 cm³/mol. The number of anilines is 1. The Morgan fingerprint density at radius 3 is 2.30 bits per heavy atom. The first-order valence-electron chi connectivity index (χ1n) is 7.42. The Morgan fingerprint density at radius 2 is 1.75 bits per heavy atom. The van der Waals surface area contributed by atoms with E-state index in [2.05, 4.69) is 24.0 Å². The predicted octanol–water partition coefficient (Wildman–Crippen LogP) is 2.76. The second kappa shape index (κ2) is 6.84. The van der Waals surface area contributed by atoms with Crippen molar-refractivity contribution in [3.05, 3.63) is 17.7 Å². The van der Waals surface area contributed by atoms with Crippen LogP contribution < -0.4 is 20.1 Å². The summed E-state index contributed by atoms with van der Waals surface area (Å²) in [5.41, 5.74) is 8.05. The van der Waals surface area contributed by atoms with Crippen LogP contribution in [-0.2, 0) is 0 Å². The van der Waals surface area contributed by atoms with E-state index in [0.29, 0.717) is 6.54 Å². The molecule has 4 nitrogen and oxygen atoms in total. The summed E-state index contributed by atoms with van der Waals surface area (Å²) >= 11 is 0. The first-order chi connectivity index (χ1) is 9.71. The van der Waals surface area contributed by atoms with Gasteiger partial charge in [-0.1, -0.05) is 6.92 Å². The summed E-state index contributed by atoms with van der Waals surface area (Å²) in [5.74, 6) is 2.08. The molecule has 0 amide bonds. The number of hydrogen-bond acceptors (Lipinski definition) is 4. The van der Waals surface area contributed by atoms with Crippen molar-refractivity contribution in [2.24, 2.45) is 5.73 Å². The number of hydrogen-bond donors (Lipinski definition) is 1. The highest BCUT2D eigenvalue weighted by molar-refractivity contribution is 5.64. The van der Waals surface area contributed by atoms with Crippen LogP contribution in [0.15, 0.2) is 12.1 Å². The molecule has 2 N–H and O–H groups in total. The summed E-state index contributed by atoms with van der Waals surface area (Å²) in [6, 6.07) is 4.19. The number of nitrogens with two attached hydrogens (primary N) is 1. The van der Waals surface area contributed by atoms with Gasteiger partial charge in [0.1, 0.15) is 11.5 Å². The molecule has 1 aliphatic heterocycles. The summed E-state index contributed by atoms with van der Waals surface area (Å²) in [6.45, 7) is 4.89. The van der Waals surface area contributed by atoms with Crippen molar-refractivity contribution < 1.29 is 9.47 Å². The SMILES string of the molecule is COc1cc(N2CCCCC2)c(OC)cc1C(C)CN. The van der Waals surface area contributed by atoms with Gasteiger partial charge in [0.05, 0.1) is 19.9 Å². The Morgan fingerprint density at radius 1 is 1.10 bits per heavy atom. The Hall–Kier alpha value is -1.42. The standard InChI is InChI=1S/C16H26N2O2/c1-12(11-17)13-9-16(20-3)14(10-15(13)19-2)18-7-5-4-6-8-18/h9-10,12H,4-8,11,17H2,1-3H3. The number of piperidine rings is 1. The smallest absolute Gasteiger partial charge is 0.142 e. The molecule has 1 aliphatic rings. The van der Waals surface area contributed by atoms with E-state index in [4.69, 9.17) is 15.2 Å². The van der Waals surface area contributed by atoms with Gasteiger partial charge in [-0.3, -0.25) is 0 Å². The zero-order chi connectivity index (χ0) is 14.5. The second-order valence-electron chi connectivity index (χ2n) is 5.45. The summed E-state index contributed by atoms with van der Waals surface area (Å²) < 4.78 is 11.2. The van der Waals surface area contributed by atoms with E-state index in [0.717, 1.165) is 35.8 Å². The lowest BCUT2D eigenvalue weighted by Crippen LogP contribution is -2.29. The minimum absolute atomic E-state index is 0.259. The summed E-state index contributed by atoms with van der Waals surface area (Å²) in [4.78, 5) is 2.39. The molecule has 1 fully saturated rings. The van der Waals surface area contributed by atoms with E-state index in [1.807, 2.05) is 0 Å². The molecule has 0 spiro atoms. The quantitative estimate of drug-likeness (QED) is 0.899. The van der Waals surface area contributed by atoms with E-state index in [9.17, 15) is 0 Å². The summed E-state index contributed by atoms with van der Waals surface area (Å²) in [7, 11) is 3.45. The number of benzene rings is 1. The van der Waals surface area contributed by atoms with Gasteiger partial charge in [-0.05, 0) is 37.8 Å². The maximum atomic E-state index is 5.79. The van der Waals surface area contributed by atoms with Gasteiger partial charge in [0, 0.05) is 24.7 Å². The van der Waals surface area contributed by atoms with Crippen LogP contribution in [0, 0.1) is 0 Å². The van der Waals surface area contributed by atoms with Crippen LogP contribution in [-0.4, -0.2) is 33.9 Å². The molecular weight excluding hydrogens is 252 g/mol. The number of rotatable bonds is 5. The van der Waals surface area contributed by atoms with Gasteiger partial charge >= 0.3 is 0 Å². The van der Waals surface area contributed by atoms with Gasteiger partial charge in [-0.25, -0.2) is 0 Å². The van der Waals surface area contributed by atoms with Gasteiger partial charge in [-0.15, -0.1) is 0 Å². The van der Waals surface area contributed by atoms with E-state index >= 15 is 0 Å². The summed E-state index contributed by atoms with van der Waals surface area (Å²) in [5, 5.41) is 0.